The molecule has 0 spiro atoms. The molecule has 2 aromatic carbocycles. The van der Waals surface area contributed by atoms with Crippen molar-refractivity contribution in [3.05, 3.63) is 61.6 Å². The first-order valence-electron chi connectivity index (χ1n) is 11.2. The van der Waals surface area contributed by atoms with Crippen LogP contribution < -0.4 is 9.62 Å². The largest absolute Gasteiger partial charge is 0.352 e. The Balaban J connectivity index is 1.91. The molecule has 1 saturated carbocycles. The summed E-state index contributed by atoms with van der Waals surface area (Å²) in [6.45, 7) is 1.12. The zero-order valence-corrected chi connectivity index (χ0v) is 24.0. The number of carbonyl (C=O) groups excluding carboxylic acids is 2. The maximum Gasteiger partial charge on any atom is 0.244 e. The van der Waals surface area contributed by atoms with Gasteiger partial charge in [-0.15, -0.1) is 0 Å². The van der Waals surface area contributed by atoms with Gasteiger partial charge >= 0.3 is 0 Å². The van der Waals surface area contributed by atoms with Gasteiger partial charge in [0.1, 0.15) is 12.6 Å². The number of sulfonamides is 1. The van der Waals surface area contributed by atoms with Gasteiger partial charge in [-0.1, -0.05) is 42.1 Å². The summed E-state index contributed by atoms with van der Waals surface area (Å²) in [5, 5.41) is 3.73. The SMILES string of the molecule is CC(C(=O)NC1CCCC1)N(Cc1c(Cl)cccc1Cl)C(=O)CN(c1ccc(I)cc1)S(C)(=O)=O. The van der Waals surface area contributed by atoms with Gasteiger partial charge in [0.05, 0.1) is 11.9 Å². The van der Waals surface area contributed by atoms with Gasteiger partial charge in [-0.25, -0.2) is 8.42 Å². The highest BCUT2D eigenvalue weighted by Crippen LogP contribution is 2.27. The molecule has 3 rings (SSSR count). The predicted octanol–water partition coefficient (Wildman–Crippen LogP) is 4.84. The van der Waals surface area contributed by atoms with E-state index in [0.717, 1.165) is 39.8 Å². The molecule has 0 bridgehead atoms. The van der Waals surface area contributed by atoms with E-state index >= 15 is 0 Å². The van der Waals surface area contributed by atoms with Crippen molar-refractivity contribution in [2.24, 2.45) is 0 Å². The van der Waals surface area contributed by atoms with Crippen molar-refractivity contribution in [3.8, 4) is 0 Å². The Kier molecular flexibility index (Phi) is 9.70. The number of nitrogens with one attached hydrogen (secondary N) is 1. The molecule has 0 aliphatic heterocycles. The lowest BCUT2D eigenvalue weighted by Gasteiger charge is -2.32. The molecule has 1 fully saturated rings. The second-order valence-corrected chi connectivity index (χ2v) is 12.6. The minimum Gasteiger partial charge on any atom is -0.352 e. The van der Waals surface area contributed by atoms with Crippen LogP contribution in [0.25, 0.3) is 0 Å². The molecule has 190 valence electrons. The Labute approximate surface area is 230 Å². The second-order valence-electron chi connectivity index (χ2n) is 8.63. The zero-order valence-electron chi connectivity index (χ0n) is 19.5. The summed E-state index contributed by atoms with van der Waals surface area (Å²) in [7, 11) is -3.78. The van der Waals surface area contributed by atoms with Crippen molar-refractivity contribution in [3.63, 3.8) is 0 Å². The number of hydrogen-bond acceptors (Lipinski definition) is 4. The third-order valence-electron chi connectivity index (χ3n) is 6.05. The third-order valence-corrected chi connectivity index (χ3v) is 8.62. The summed E-state index contributed by atoms with van der Waals surface area (Å²) in [4.78, 5) is 28.0. The van der Waals surface area contributed by atoms with E-state index in [0.29, 0.717) is 21.3 Å². The van der Waals surface area contributed by atoms with Crippen LogP contribution in [0.2, 0.25) is 10.0 Å². The second kappa shape index (κ2) is 12.1. The van der Waals surface area contributed by atoms with Gasteiger partial charge in [-0.05, 0) is 78.8 Å². The maximum absolute atomic E-state index is 13.6. The van der Waals surface area contributed by atoms with Gasteiger partial charge in [-0.2, -0.15) is 0 Å². The number of hydrogen-bond donors (Lipinski definition) is 1. The van der Waals surface area contributed by atoms with Crippen LogP contribution in [0, 0.1) is 3.57 Å². The Morgan fingerprint density at radius 3 is 2.20 bits per heavy atom. The molecule has 1 N–H and O–H groups in total. The monoisotopic (exact) mass is 651 g/mol. The molecule has 1 atom stereocenters. The molecule has 0 aromatic heterocycles. The van der Waals surface area contributed by atoms with Crippen molar-refractivity contribution in [2.75, 3.05) is 17.1 Å². The average Bonchev–Trinajstić information content (AvgIpc) is 3.30. The van der Waals surface area contributed by atoms with Crippen molar-refractivity contribution in [1.82, 2.24) is 10.2 Å². The van der Waals surface area contributed by atoms with E-state index in [2.05, 4.69) is 27.9 Å². The topological polar surface area (TPSA) is 86.8 Å². The van der Waals surface area contributed by atoms with Crippen LogP contribution in [0.15, 0.2) is 42.5 Å². The molecule has 2 aromatic rings. The van der Waals surface area contributed by atoms with Crippen molar-refractivity contribution < 1.29 is 18.0 Å². The summed E-state index contributed by atoms with van der Waals surface area (Å²) >= 11 is 14.8. The van der Waals surface area contributed by atoms with Crippen LogP contribution in [0.5, 0.6) is 0 Å². The highest BCUT2D eigenvalue weighted by molar-refractivity contribution is 14.1. The van der Waals surface area contributed by atoms with Gasteiger partial charge in [0, 0.05) is 31.8 Å². The average molecular weight is 652 g/mol. The fourth-order valence-electron chi connectivity index (χ4n) is 4.05. The summed E-state index contributed by atoms with van der Waals surface area (Å²) in [5.41, 5.74) is 0.852. The Morgan fingerprint density at radius 1 is 1.09 bits per heavy atom. The van der Waals surface area contributed by atoms with Crippen LogP contribution in [-0.4, -0.2) is 50.0 Å². The molecule has 11 heteroatoms. The van der Waals surface area contributed by atoms with Crippen LogP contribution in [-0.2, 0) is 26.2 Å². The third kappa shape index (κ3) is 7.47. The Morgan fingerprint density at radius 2 is 1.66 bits per heavy atom. The molecule has 1 aliphatic carbocycles. The van der Waals surface area contributed by atoms with E-state index in [1.807, 2.05) is 0 Å². The number of amides is 2. The van der Waals surface area contributed by atoms with Crippen molar-refractivity contribution >= 4 is 73.3 Å². The first-order chi connectivity index (χ1) is 16.5. The van der Waals surface area contributed by atoms with Crippen molar-refractivity contribution in [2.45, 2.75) is 51.2 Å². The summed E-state index contributed by atoms with van der Waals surface area (Å²) in [5.74, 6) is -0.840. The summed E-state index contributed by atoms with van der Waals surface area (Å²) < 4.78 is 27.2. The smallest absolute Gasteiger partial charge is 0.244 e. The van der Waals surface area contributed by atoms with Gasteiger partial charge in [0.25, 0.3) is 0 Å². The summed E-state index contributed by atoms with van der Waals surface area (Å²) in [6.07, 6.45) is 4.95. The van der Waals surface area contributed by atoms with Crippen LogP contribution in [0.4, 0.5) is 5.69 Å². The van der Waals surface area contributed by atoms with Crippen LogP contribution >= 0.6 is 45.8 Å². The van der Waals surface area contributed by atoms with Gasteiger partial charge in [-0.3, -0.25) is 13.9 Å². The first kappa shape index (κ1) is 28.0. The normalized spacial score (nSPS) is 15.0. The van der Waals surface area contributed by atoms with Gasteiger partial charge in [0.2, 0.25) is 21.8 Å². The molecule has 7 nitrogen and oxygen atoms in total. The fraction of sp³-hybridized carbons (Fsp3) is 0.417. The van der Waals surface area contributed by atoms with Gasteiger partial charge in [0.15, 0.2) is 0 Å². The molecule has 0 saturated heterocycles. The molecule has 35 heavy (non-hydrogen) atoms. The van der Waals surface area contributed by atoms with E-state index < -0.39 is 28.5 Å². The number of carbonyl (C=O) groups is 2. The number of nitrogens with zero attached hydrogens (tertiary/aromatic N) is 2. The standard InChI is InChI=1S/C24H28Cl2IN3O4S/c1-16(24(32)28-18-6-3-4-7-18)29(14-20-21(25)8-5-9-22(20)26)23(31)15-30(35(2,33)34)19-12-10-17(27)11-13-19/h5,8-13,16,18H,3-4,6-7,14-15H2,1-2H3,(H,28,32). The Bertz CT molecular complexity index is 1150. The highest BCUT2D eigenvalue weighted by atomic mass is 127. The lowest BCUT2D eigenvalue weighted by atomic mass is 10.1. The van der Waals surface area contributed by atoms with E-state index in [-0.39, 0.29) is 18.5 Å². The van der Waals surface area contributed by atoms with Crippen LogP contribution in [0.1, 0.15) is 38.2 Å². The minimum atomic E-state index is -3.78. The molecule has 0 radical (unpaired) electrons. The number of benzene rings is 2. The number of rotatable bonds is 9. The Hall–Kier alpha value is -1.56. The maximum atomic E-state index is 13.6. The lowest BCUT2D eigenvalue weighted by molar-refractivity contribution is -0.139. The first-order valence-corrected chi connectivity index (χ1v) is 14.9. The molecule has 0 heterocycles. The summed E-state index contributed by atoms with van der Waals surface area (Å²) in [6, 6.07) is 11.0. The molecular weight excluding hydrogens is 624 g/mol. The fourth-order valence-corrected chi connectivity index (χ4v) is 5.78. The van der Waals surface area contributed by atoms with E-state index in [4.69, 9.17) is 23.2 Å². The predicted molar refractivity (Wildman–Crippen MR) is 148 cm³/mol. The van der Waals surface area contributed by atoms with E-state index in [9.17, 15) is 18.0 Å². The highest BCUT2D eigenvalue weighted by Gasteiger charge is 2.32. The molecule has 2 amide bonds. The van der Waals surface area contributed by atoms with Crippen molar-refractivity contribution in [1.29, 1.82) is 0 Å². The number of halogens is 3. The van der Waals surface area contributed by atoms with E-state index in [1.54, 1.807) is 49.4 Å². The van der Waals surface area contributed by atoms with Crippen LogP contribution in [0.3, 0.4) is 0 Å². The zero-order chi connectivity index (χ0) is 25.8. The quantitative estimate of drug-likeness (QED) is 0.393. The molecular formula is C24H28Cl2IN3O4S. The van der Waals surface area contributed by atoms with Gasteiger partial charge < -0.3 is 10.2 Å². The van der Waals surface area contributed by atoms with E-state index in [1.165, 1.54) is 4.90 Å². The minimum absolute atomic E-state index is 0.0408. The molecule has 1 aliphatic rings. The lowest BCUT2D eigenvalue weighted by Crippen LogP contribution is -2.52. The molecule has 1 unspecified atom stereocenters. The number of anilines is 1.